The van der Waals surface area contributed by atoms with Gasteiger partial charge in [0.05, 0.1) is 17.5 Å². The second-order valence-corrected chi connectivity index (χ2v) is 9.66. The molecule has 5 rings (SSSR count). The third-order valence-corrected chi connectivity index (χ3v) is 7.12. The summed E-state index contributed by atoms with van der Waals surface area (Å²) in [6.45, 7) is 1.21. The third kappa shape index (κ3) is 5.67. The van der Waals surface area contributed by atoms with Crippen LogP contribution in [0.4, 0.5) is 4.79 Å². The van der Waals surface area contributed by atoms with Crippen LogP contribution in [0, 0.1) is 0 Å². The molecule has 0 spiro atoms. The number of alkyl carbamates (subject to hydrolysis) is 1. The topological polar surface area (TPSA) is 118 Å². The number of benzene rings is 2. The van der Waals surface area contributed by atoms with Gasteiger partial charge in [-0.15, -0.1) is 0 Å². The van der Waals surface area contributed by atoms with Gasteiger partial charge < -0.3 is 25.8 Å². The van der Waals surface area contributed by atoms with Crippen LogP contribution in [0.5, 0.6) is 0 Å². The minimum absolute atomic E-state index is 0.116. The number of rotatable bonds is 9. The fourth-order valence-corrected chi connectivity index (χ4v) is 5.06. The number of nitrogens with zero attached hydrogens (tertiary/aromatic N) is 3. The van der Waals surface area contributed by atoms with Gasteiger partial charge in [0.2, 0.25) is 0 Å². The van der Waals surface area contributed by atoms with Gasteiger partial charge in [-0.1, -0.05) is 30.3 Å². The SMILES string of the molecule is CN1CCC[C@@H]1Cc1cn(N)c2ccc(C(=O)[C@H](Cc3c[nH]cn3)NC(=O)OCc3ccccc3)cc12. The number of nitrogens with two attached hydrogens (primary N) is 1. The molecular formula is C28H32N6O3. The Morgan fingerprint density at radius 3 is 2.81 bits per heavy atom. The van der Waals surface area contributed by atoms with Crippen molar-refractivity contribution in [2.75, 3.05) is 19.4 Å². The summed E-state index contributed by atoms with van der Waals surface area (Å²) in [5.74, 6) is 6.03. The van der Waals surface area contributed by atoms with E-state index in [-0.39, 0.29) is 18.8 Å². The number of amides is 1. The van der Waals surface area contributed by atoms with E-state index in [4.69, 9.17) is 10.6 Å². The van der Waals surface area contributed by atoms with Crippen LogP contribution in [0.1, 0.15) is 40.0 Å². The molecule has 4 aromatic rings. The smallest absolute Gasteiger partial charge is 0.408 e. The zero-order chi connectivity index (χ0) is 25.8. The first kappa shape index (κ1) is 24.6. The second-order valence-electron chi connectivity index (χ2n) is 9.66. The van der Waals surface area contributed by atoms with E-state index < -0.39 is 12.1 Å². The normalized spacial score (nSPS) is 16.6. The molecule has 1 saturated heterocycles. The van der Waals surface area contributed by atoms with Gasteiger partial charge in [-0.3, -0.25) is 9.47 Å². The number of carbonyl (C=O) groups excluding carboxylic acids is 2. The number of carbonyl (C=O) groups is 2. The van der Waals surface area contributed by atoms with Crippen molar-refractivity contribution in [3.63, 3.8) is 0 Å². The van der Waals surface area contributed by atoms with Gasteiger partial charge >= 0.3 is 6.09 Å². The van der Waals surface area contributed by atoms with Gasteiger partial charge in [0.25, 0.3) is 0 Å². The van der Waals surface area contributed by atoms with Crippen molar-refractivity contribution in [2.45, 2.75) is 44.4 Å². The number of nitrogen functional groups attached to an aromatic ring is 1. The van der Waals surface area contributed by atoms with E-state index in [0.29, 0.717) is 17.3 Å². The Kier molecular flexibility index (Phi) is 7.23. The predicted octanol–water partition coefficient (Wildman–Crippen LogP) is 3.44. The molecule has 9 nitrogen and oxygen atoms in total. The Morgan fingerprint density at radius 1 is 1.24 bits per heavy atom. The number of aromatic amines is 1. The number of likely N-dealkylation sites (N-methyl/N-ethyl adjacent to an activating group) is 1. The van der Waals surface area contributed by atoms with Crippen LogP contribution in [0.3, 0.4) is 0 Å². The molecule has 4 N–H and O–H groups in total. The molecule has 2 atom stereocenters. The lowest BCUT2D eigenvalue weighted by Crippen LogP contribution is -2.42. The number of ether oxygens (including phenoxy) is 1. The van der Waals surface area contributed by atoms with E-state index in [1.807, 2.05) is 48.7 Å². The molecule has 1 amide bonds. The summed E-state index contributed by atoms with van der Waals surface area (Å²) in [5.41, 5.74) is 4.02. The first-order valence-electron chi connectivity index (χ1n) is 12.6. The number of H-pyrrole nitrogens is 1. The van der Waals surface area contributed by atoms with Crippen LogP contribution in [0.15, 0.2) is 67.3 Å². The largest absolute Gasteiger partial charge is 0.445 e. The predicted molar refractivity (Wildman–Crippen MR) is 142 cm³/mol. The molecular weight excluding hydrogens is 468 g/mol. The molecule has 2 aromatic carbocycles. The fourth-order valence-electron chi connectivity index (χ4n) is 5.06. The maximum atomic E-state index is 13.7. The number of Topliss-reactive ketones (excluding diaryl/α,β-unsaturated/α-hetero) is 1. The molecule has 37 heavy (non-hydrogen) atoms. The number of hydrogen-bond acceptors (Lipinski definition) is 6. The molecule has 1 aliphatic rings. The van der Waals surface area contributed by atoms with Crippen LogP contribution >= 0.6 is 0 Å². The molecule has 0 unspecified atom stereocenters. The molecule has 0 aliphatic carbocycles. The summed E-state index contributed by atoms with van der Waals surface area (Å²) in [7, 11) is 2.15. The first-order chi connectivity index (χ1) is 18.0. The van der Waals surface area contributed by atoms with E-state index >= 15 is 0 Å². The molecule has 1 aliphatic heterocycles. The van der Waals surface area contributed by atoms with Gasteiger partial charge in [-0.05, 0) is 62.2 Å². The monoisotopic (exact) mass is 500 g/mol. The van der Waals surface area contributed by atoms with Crippen molar-refractivity contribution < 1.29 is 14.3 Å². The average molecular weight is 501 g/mol. The molecule has 3 heterocycles. The summed E-state index contributed by atoms with van der Waals surface area (Å²) < 4.78 is 7.01. The van der Waals surface area contributed by atoms with Gasteiger partial charge in [0, 0.05) is 35.8 Å². The summed E-state index contributed by atoms with van der Waals surface area (Å²) >= 11 is 0. The highest BCUT2D eigenvalue weighted by molar-refractivity contribution is 6.04. The zero-order valence-electron chi connectivity index (χ0n) is 20.9. The number of likely N-dealkylation sites (tertiary alicyclic amines) is 1. The van der Waals surface area contributed by atoms with Gasteiger partial charge in [-0.25, -0.2) is 9.78 Å². The van der Waals surface area contributed by atoms with E-state index in [1.165, 1.54) is 6.42 Å². The first-order valence-corrected chi connectivity index (χ1v) is 12.6. The summed E-state index contributed by atoms with van der Waals surface area (Å²) in [5, 5.41) is 3.71. The maximum absolute atomic E-state index is 13.7. The van der Waals surface area contributed by atoms with Crippen LogP contribution in [-0.2, 0) is 24.2 Å². The van der Waals surface area contributed by atoms with Gasteiger partial charge in [-0.2, -0.15) is 0 Å². The second kappa shape index (κ2) is 10.9. The van der Waals surface area contributed by atoms with Crippen molar-refractivity contribution in [3.05, 3.63) is 89.6 Å². The highest BCUT2D eigenvalue weighted by Gasteiger charge is 2.26. The van der Waals surface area contributed by atoms with E-state index in [2.05, 4.69) is 27.2 Å². The lowest BCUT2D eigenvalue weighted by Gasteiger charge is -2.19. The van der Waals surface area contributed by atoms with Crippen molar-refractivity contribution in [3.8, 4) is 0 Å². The molecule has 0 saturated carbocycles. The Balaban J connectivity index is 1.36. The minimum atomic E-state index is -0.839. The van der Waals surface area contributed by atoms with E-state index in [1.54, 1.807) is 23.3 Å². The molecule has 2 aromatic heterocycles. The standard InChI is InChI=1S/C28H32N6O3/c1-33-11-5-8-23(33)12-21-16-34(29)26-10-9-20(13-24(21)26)27(35)25(14-22-15-30-18-31-22)32-28(36)37-17-19-6-3-2-4-7-19/h2-4,6-7,9-10,13,15-16,18,23,25H,5,8,11-12,14,17,29H2,1H3,(H,30,31)(H,32,36)/t23-,25+/m1/s1. The van der Waals surface area contributed by atoms with Crippen molar-refractivity contribution in [1.82, 2.24) is 24.9 Å². The van der Waals surface area contributed by atoms with Crippen LogP contribution in [0.2, 0.25) is 0 Å². The van der Waals surface area contributed by atoms with Crippen molar-refractivity contribution >= 4 is 22.8 Å². The fraction of sp³-hybridized carbons (Fsp3) is 0.321. The zero-order valence-corrected chi connectivity index (χ0v) is 20.9. The number of nitrogens with one attached hydrogen (secondary N) is 2. The highest BCUT2D eigenvalue weighted by atomic mass is 16.5. The number of fused-ring (bicyclic) bond motifs is 1. The van der Waals surface area contributed by atoms with Crippen molar-refractivity contribution in [1.29, 1.82) is 0 Å². The summed E-state index contributed by atoms with van der Waals surface area (Å²) in [6, 6.07) is 14.5. The Morgan fingerprint density at radius 2 is 2.08 bits per heavy atom. The average Bonchev–Trinajstić information content (AvgIpc) is 3.64. The Bertz CT molecular complexity index is 1370. The molecule has 192 valence electrons. The minimum Gasteiger partial charge on any atom is -0.445 e. The van der Waals surface area contributed by atoms with Gasteiger partial charge in [0.15, 0.2) is 5.78 Å². The van der Waals surface area contributed by atoms with E-state index in [9.17, 15) is 9.59 Å². The number of ketones is 1. The molecule has 9 heteroatoms. The van der Waals surface area contributed by atoms with Crippen LogP contribution in [-0.4, -0.2) is 57.1 Å². The molecule has 0 bridgehead atoms. The summed E-state index contributed by atoms with van der Waals surface area (Å²) in [4.78, 5) is 35.8. The highest BCUT2D eigenvalue weighted by Crippen LogP contribution is 2.27. The maximum Gasteiger partial charge on any atom is 0.408 e. The molecule has 0 radical (unpaired) electrons. The lowest BCUT2D eigenvalue weighted by molar-refractivity contribution is 0.0916. The van der Waals surface area contributed by atoms with E-state index in [0.717, 1.165) is 41.4 Å². The van der Waals surface area contributed by atoms with Crippen LogP contribution < -0.4 is 11.2 Å². The van der Waals surface area contributed by atoms with Crippen molar-refractivity contribution in [2.24, 2.45) is 0 Å². The number of hydrogen-bond donors (Lipinski definition) is 3. The Labute approximate surface area is 215 Å². The lowest BCUT2D eigenvalue weighted by atomic mass is 9.97. The third-order valence-electron chi connectivity index (χ3n) is 7.12. The quantitative estimate of drug-likeness (QED) is 0.239. The Hall–Kier alpha value is -4.11. The number of imidazole rings is 1. The van der Waals surface area contributed by atoms with Gasteiger partial charge in [0.1, 0.15) is 12.6 Å². The molecule has 1 fully saturated rings. The van der Waals surface area contributed by atoms with Crippen LogP contribution in [0.25, 0.3) is 10.9 Å². The summed E-state index contributed by atoms with van der Waals surface area (Å²) in [6.07, 6.45) is 7.99. The number of aromatic nitrogens is 3.